The Morgan fingerprint density at radius 3 is 2.36 bits per heavy atom. The smallest absolute Gasteiger partial charge is 0.337 e. The summed E-state index contributed by atoms with van der Waals surface area (Å²) in [5.41, 5.74) is 0.147. The quantitative estimate of drug-likeness (QED) is 0.811. The fourth-order valence-electron chi connectivity index (χ4n) is 0.917. The third-order valence-electron chi connectivity index (χ3n) is 1.59. The molecule has 1 aromatic rings. The maximum atomic E-state index is 10.6. The van der Waals surface area contributed by atoms with Gasteiger partial charge in [0.1, 0.15) is 0 Å². The third-order valence-corrected chi connectivity index (χ3v) is 3.57. The van der Waals surface area contributed by atoms with E-state index in [4.69, 9.17) is 16.7 Å². The Bertz CT molecular complexity index is 381. The van der Waals surface area contributed by atoms with E-state index in [0.717, 1.165) is 0 Å². The van der Waals surface area contributed by atoms with Crippen LogP contribution in [0.5, 0.6) is 0 Å². The molecule has 0 radical (unpaired) electrons. The summed E-state index contributed by atoms with van der Waals surface area (Å²) in [4.78, 5) is 10.6. The van der Waals surface area contributed by atoms with Gasteiger partial charge >= 0.3 is 5.97 Å². The molecule has 1 unspecified atom stereocenters. The van der Waals surface area contributed by atoms with E-state index in [2.05, 4.69) is 31.9 Å². The van der Waals surface area contributed by atoms with Crippen LogP contribution in [0.25, 0.3) is 0 Å². The molecule has 2 N–H and O–H groups in total. The lowest BCUT2D eigenvalue weighted by molar-refractivity contribution is -0.147. The molecular weight excluding hydrogens is 339 g/mol. The van der Waals surface area contributed by atoms with E-state index in [1.54, 1.807) is 12.1 Å². The summed E-state index contributed by atoms with van der Waals surface area (Å²) in [7, 11) is 0. The van der Waals surface area contributed by atoms with Crippen molar-refractivity contribution in [2.24, 2.45) is 0 Å². The van der Waals surface area contributed by atoms with Gasteiger partial charge in [-0.05, 0) is 28.1 Å². The summed E-state index contributed by atoms with van der Waals surface area (Å²) in [6.07, 6.45) is -1.63. The normalized spacial score (nSPS) is 12.6. The molecule has 1 rings (SSSR count). The highest BCUT2D eigenvalue weighted by Crippen LogP contribution is 2.35. The lowest BCUT2D eigenvalue weighted by Gasteiger charge is -2.11. The second kappa shape index (κ2) is 4.61. The molecule has 1 atom stereocenters. The zero-order valence-corrected chi connectivity index (χ0v) is 10.6. The van der Waals surface area contributed by atoms with Crippen molar-refractivity contribution in [2.75, 3.05) is 0 Å². The van der Waals surface area contributed by atoms with Crippen LogP contribution in [-0.2, 0) is 4.79 Å². The Kier molecular flexibility index (Phi) is 3.94. The zero-order valence-electron chi connectivity index (χ0n) is 6.67. The number of carbonyl (C=O) groups is 1. The molecule has 14 heavy (non-hydrogen) atoms. The molecule has 0 saturated carbocycles. The number of carboxylic acid groups (broad SMARTS) is 1. The molecule has 3 nitrogen and oxygen atoms in total. The van der Waals surface area contributed by atoms with E-state index >= 15 is 0 Å². The molecule has 0 amide bonds. The molecule has 1 aromatic carbocycles. The van der Waals surface area contributed by atoms with Crippen LogP contribution >= 0.6 is 43.5 Å². The van der Waals surface area contributed by atoms with Crippen molar-refractivity contribution in [3.63, 3.8) is 0 Å². The van der Waals surface area contributed by atoms with Gasteiger partial charge in [0.05, 0.1) is 5.02 Å². The molecule has 0 spiro atoms. The van der Waals surface area contributed by atoms with Gasteiger partial charge in [-0.2, -0.15) is 0 Å². The van der Waals surface area contributed by atoms with Crippen LogP contribution in [0.2, 0.25) is 5.02 Å². The number of carboxylic acids is 1. The first-order valence-corrected chi connectivity index (χ1v) is 5.45. The van der Waals surface area contributed by atoms with E-state index in [1.807, 2.05) is 0 Å². The van der Waals surface area contributed by atoms with E-state index in [0.29, 0.717) is 8.95 Å². The molecule has 0 fully saturated rings. The monoisotopic (exact) mass is 342 g/mol. The second-order valence-corrected chi connectivity index (χ2v) is 4.58. The number of halogens is 3. The zero-order chi connectivity index (χ0) is 10.9. The Morgan fingerprint density at radius 2 is 1.86 bits per heavy atom. The Hall–Kier alpha value is -0.100. The van der Waals surface area contributed by atoms with Crippen LogP contribution in [0.3, 0.4) is 0 Å². The molecule has 0 bridgehead atoms. The maximum absolute atomic E-state index is 10.6. The predicted octanol–water partition coefficient (Wildman–Crippen LogP) is 2.98. The first-order chi connectivity index (χ1) is 6.45. The molecule has 76 valence electrons. The summed E-state index contributed by atoms with van der Waals surface area (Å²) < 4.78 is 0.998. The summed E-state index contributed by atoms with van der Waals surface area (Å²) in [5.74, 6) is -1.34. The van der Waals surface area contributed by atoms with Crippen molar-refractivity contribution in [2.45, 2.75) is 6.10 Å². The summed E-state index contributed by atoms with van der Waals surface area (Å²) in [6, 6.07) is 3.27. The standard InChI is InChI=1S/C8H5Br2ClO3/c9-3-1-2-4(10)6(11)5(3)7(12)8(13)14/h1-2,7,12H,(H,13,14). The number of aliphatic hydroxyl groups is 1. The molecule has 0 heterocycles. The average molecular weight is 344 g/mol. The minimum Gasteiger partial charge on any atom is -0.479 e. The van der Waals surface area contributed by atoms with Gasteiger partial charge in [-0.15, -0.1) is 0 Å². The van der Waals surface area contributed by atoms with Crippen LogP contribution in [0.4, 0.5) is 0 Å². The van der Waals surface area contributed by atoms with E-state index < -0.39 is 12.1 Å². The second-order valence-electron chi connectivity index (χ2n) is 2.50. The first-order valence-electron chi connectivity index (χ1n) is 3.49. The number of aliphatic hydroxyl groups excluding tert-OH is 1. The van der Waals surface area contributed by atoms with Crippen LogP contribution < -0.4 is 0 Å². The molecule has 0 aliphatic rings. The SMILES string of the molecule is O=C(O)C(O)c1c(Br)ccc(Br)c1Cl. The summed E-state index contributed by atoms with van der Waals surface area (Å²) in [6.45, 7) is 0. The number of aliphatic carboxylic acids is 1. The predicted molar refractivity (Wildman–Crippen MR) is 59.4 cm³/mol. The Morgan fingerprint density at radius 1 is 1.36 bits per heavy atom. The Labute approximate surface area is 102 Å². The van der Waals surface area contributed by atoms with Crippen LogP contribution in [0, 0.1) is 0 Å². The van der Waals surface area contributed by atoms with Crippen molar-refractivity contribution in [3.8, 4) is 0 Å². The number of rotatable bonds is 2. The number of hydrogen-bond donors (Lipinski definition) is 2. The fourth-order valence-corrected chi connectivity index (χ4v) is 2.19. The lowest BCUT2D eigenvalue weighted by Crippen LogP contribution is -2.11. The highest BCUT2D eigenvalue weighted by molar-refractivity contribution is 9.11. The maximum Gasteiger partial charge on any atom is 0.337 e. The lowest BCUT2D eigenvalue weighted by atomic mass is 10.1. The minimum absolute atomic E-state index is 0.147. The van der Waals surface area contributed by atoms with Gasteiger partial charge in [0.25, 0.3) is 0 Å². The number of benzene rings is 1. The van der Waals surface area contributed by atoms with Gasteiger partial charge in [0.2, 0.25) is 0 Å². The first kappa shape index (κ1) is 12.0. The van der Waals surface area contributed by atoms with Gasteiger partial charge in [0, 0.05) is 14.5 Å². The van der Waals surface area contributed by atoms with Crippen molar-refractivity contribution in [3.05, 3.63) is 31.7 Å². The fraction of sp³-hybridized carbons (Fsp3) is 0.125. The van der Waals surface area contributed by atoms with E-state index in [9.17, 15) is 9.90 Å². The van der Waals surface area contributed by atoms with Gasteiger partial charge in [0.15, 0.2) is 6.10 Å². The average Bonchev–Trinajstić information content (AvgIpc) is 2.12. The highest BCUT2D eigenvalue weighted by atomic mass is 79.9. The van der Waals surface area contributed by atoms with Gasteiger partial charge in [-0.1, -0.05) is 27.5 Å². The molecule has 6 heteroatoms. The molecule has 0 aromatic heterocycles. The van der Waals surface area contributed by atoms with Crippen molar-refractivity contribution in [1.82, 2.24) is 0 Å². The van der Waals surface area contributed by atoms with Crippen molar-refractivity contribution in [1.29, 1.82) is 0 Å². The molecule has 0 aliphatic heterocycles. The van der Waals surface area contributed by atoms with Crippen molar-refractivity contribution < 1.29 is 15.0 Å². The summed E-state index contributed by atoms with van der Waals surface area (Å²) >= 11 is 12.1. The number of hydrogen-bond acceptors (Lipinski definition) is 2. The molecule has 0 saturated heterocycles. The summed E-state index contributed by atoms with van der Waals surface area (Å²) in [5, 5.41) is 18.2. The van der Waals surface area contributed by atoms with E-state index in [-0.39, 0.29) is 10.6 Å². The van der Waals surface area contributed by atoms with E-state index in [1.165, 1.54) is 0 Å². The third kappa shape index (κ3) is 2.28. The largest absolute Gasteiger partial charge is 0.479 e. The molecular formula is C8H5Br2ClO3. The van der Waals surface area contributed by atoms with Gasteiger partial charge in [-0.3, -0.25) is 0 Å². The molecule has 0 aliphatic carbocycles. The van der Waals surface area contributed by atoms with Crippen LogP contribution in [0.1, 0.15) is 11.7 Å². The van der Waals surface area contributed by atoms with Gasteiger partial charge in [-0.25, -0.2) is 4.79 Å². The van der Waals surface area contributed by atoms with Crippen LogP contribution in [-0.4, -0.2) is 16.2 Å². The van der Waals surface area contributed by atoms with Gasteiger partial charge < -0.3 is 10.2 Å². The highest BCUT2D eigenvalue weighted by Gasteiger charge is 2.23. The van der Waals surface area contributed by atoms with Crippen LogP contribution in [0.15, 0.2) is 21.1 Å². The minimum atomic E-state index is -1.63. The van der Waals surface area contributed by atoms with Crippen molar-refractivity contribution >= 4 is 49.4 Å². The Balaban J connectivity index is 3.32. The topological polar surface area (TPSA) is 57.5 Å².